The maximum atomic E-state index is 12.3. The number of rotatable bonds is 10. The Balaban J connectivity index is 2.30. The van der Waals surface area contributed by atoms with Crippen LogP contribution in [0.1, 0.15) is 30.2 Å². The Morgan fingerprint density at radius 3 is 2.68 bits per heavy atom. The first-order chi connectivity index (χ1) is 11.8. The number of nitrogens with zero attached hydrogens (tertiary/aromatic N) is 3. The molecule has 5 nitrogen and oxygen atoms in total. The zero-order chi connectivity index (χ0) is 18.7. The molecule has 0 aromatic carbocycles. The quantitative estimate of drug-likeness (QED) is 0.373. The van der Waals surface area contributed by atoms with Crippen molar-refractivity contribution in [3.63, 3.8) is 0 Å². The predicted molar refractivity (Wildman–Crippen MR) is 97.3 cm³/mol. The van der Waals surface area contributed by atoms with Gasteiger partial charge in [-0.2, -0.15) is 13.2 Å². The van der Waals surface area contributed by atoms with Gasteiger partial charge in [-0.3, -0.25) is 9.89 Å². The van der Waals surface area contributed by atoms with Gasteiger partial charge in [-0.05, 0) is 33.4 Å². The third kappa shape index (κ3) is 10.3. The summed E-state index contributed by atoms with van der Waals surface area (Å²) in [5, 5.41) is 7.47. The van der Waals surface area contributed by atoms with Crippen LogP contribution in [0.2, 0.25) is 0 Å². The maximum absolute atomic E-state index is 12.3. The van der Waals surface area contributed by atoms with Gasteiger partial charge in [0.25, 0.3) is 0 Å². The molecule has 1 aromatic rings. The summed E-state index contributed by atoms with van der Waals surface area (Å²) in [5.41, 5.74) is 0. The number of aryl methyl sites for hydroxylation is 1. The molecule has 25 heavy (non-hydrogen) atoms. The average Bonchev–Trinajstić information content (AvgIpc) is 2.97. The van der Waals surface area contributed by atoms with E-state index in [0.717, 1.165) is 30.9 Å². The molecule has 0 aliphatic heterocycles. The van der Waals surface area contributed by atoms with Crippen LogP contribution < -0.4 is 10.6 Å². The molecule has 0 amide bonds. The smallest absolute Gasteiger partial charge is 0.357 e. The average molecular weight is 379 g/mol. The standard InChI is InChI=1S/C16H28F3N5S/c1-4-13-11-23-14(25-13)7-9-22-15(20-5-2)21-8-6-10-24(3)12-16(17,18)19/h11H,4-10,12H2,1-3H3,(H2,20,21,22). The molecular weight excluding hydrogens is 351 g/mol. The fourth-order valence-electron chi connectivity index (χ4n) is 2.17. The first-order valence-corrected chi connectivity index (χ1v) is 9.36. The van der Waals surface area contributed by atoms with E-state index in [-0.39, 0.29) is 0 Å². The van der Waals surface area contributed by atoms with Gasteiger partial charge in [0.15, 0.2) is 5.96 Å². The molecule has 0 bridgehead atoms. The van der Waals surface area contributed by atoms with Crippen molar-refractivity contribution in [1.29, 1.82) is 0 Å². The van der Waals surface area contributed by atoms with Gasteiger partial charge in [-0.25, -0.2) is 4.98 Å². The molecule has 9 heteroatoms. The molecule has 0 spiro atoms. The van der Waals surface area contributed by atoms with Crippen LogP contribution in [0.5, 0.6) is 0 Å². The molecule has 1 aromatic heterocycles. The number of aromatic nitrogens is 1. The van der Waals surface area contributed by atoms with E-state index in [2.05, 4.69) is 27.5 Å². The highest BCUT2D eigenvalue weighted by atomic mass is 32.1. The van der Waals surface area contributed by atoms with Crippen LogP contribution in [0, 0.1) is 0 Å². The highest BCUT2D eigenvalue weighted by Crippen LogP contribution is 2.15. The number of nitrogens with one attached hydrogen (secondary N) is 2. The minimum absolute atomic E-state index is 0.362. The summed E-state index contributed by atoms with van der Waals surface area (Å²) in [5.74, 6) is 0.688. The number of alkyl halides is 3. The summed E-state index contributed by atoms with van der Waals surface area (Å²) in [6.07, 6.45) is 0.162. The highest BCUT2D eigenvalue weighted by Gasteiger charge is 2.28. The van der Waals surface area contributed by atoms with Crippen molar-refractivity contribution in [2.24, 2.45) is 4.99 Å². The van der Waals surface area contributed by atoms with Gasteiger partial charge in [0.1, 0.15) is 0 Å². The van der Waals surface area contributed by atoms with Crippen LogP contribution in [0.25, 0.3) is 0 Å². The van der Waals surface area contributed by atoms with Gasteiger partial charge in [-0.1, -0.05) is 6.92 Å². The summed E-state index contributed by atoms with van der Waals surface area (Å²) in [6.45, 7) is 5.49. The molecule has 1 heterocycles. The second-order valence-corrected chi connectivity index (χ2v) is 6.92. The lowest BCUT2D eigenvalue weighted by molar-refractivity contribution is -0.143. The number of guanidine groups is 1. The van der Waals surface area contributed by atoms with Gasteiger partial charge in [-0.15, -0.1) is 11.3 Å². The molecule has 0 fully saturated rings. The fraction of sp³-hybridized carbons (Fsp3) is 0.750. The minimum Gasteiger partial charge on any atom is -0.357 e. The second-order valence-electron chi connectivity index (χ2n) is 5.72. The number of thiazole rings is 1. The summed E-state index contributed by atoms with van der Waals surface area (Å²) in [4.78, 5) is 11.3. The Bertz CT molecular complexity index is 516. The zero-order valence-electron chi connectivity index (χ0n) is 15.1. The van der Waals surface area contributed by atoms with E-state index in [9.17, 15) is 13.2 Å². The van der Waals surface area contributed by atoms with Crippen molar-refractivity contribution >= 4 is 17.3 Å². The first kappa shape index (κ1) is 21.7. The summed E-state index contributed by atoms with van der Waals surface area (Å²) in [6, 6.07) is 0. The molecule has 0 unspecified atom stereocenters. The molecule has 2 N–H and O–H groups in total. The first-order valence-electron chi connectivity index (χ1n) is 8.55. The van der Waals surface area contributed by atoms with E-state index in [0.29, 0.717) is 25.5 Å². The largest absolute Gasteiger partial charge is 0.401 e. The molecule has 0 aliphatic rings. The second kappa shape index (κ2) is 11.3. The SMILES string of the molecule is CCNC(=NCCCN(C)CC(F)(F)F)NCCc1ncc(CC)s1. The molecule has 0 saturated heterocycles. The van der Waals surface area contributed by atoms with E-state index in [4.69, 9.17) is 0 Å². The normalized spacial score (nSPS) is 12.7. The van der Waals surface area contributed by atoms with Crippen molar-refractivity contribution in [3.05, 3.63) is 16.1 Å². The van der Waals surface area contributed by atoms with Gasteiger partial charge in [0, 0.05) is 37.1 Å². The number of hydrogen-bond acceptors (Lipinski definition) is 4. The van der Waals surface area contributed by atoms with Crippen LogP contribution in [-0.2, 0) is 12.8 Å². The van der Waals surface area contributed by atoms with Crippen LogP contribution in [0.15, 0.2) is 11.2 Å². The lowest BCUT2D eigenvalue weighted by atomic mass is 10.4. The maximum Gasteiger partial charge on any atom is 0.401 e. The van der Waals surface area contributed by atoms with Crippen molar-refractivity contribution in [2.75, 3.05) is 39.8 Å². The van der Waals surface area contributed by atoms with E-state index in [1.807, 2.05) is 13.1 Å². The van der Waals surface area contributed by atoms with Crippen molar-refractivity contribution < 1.29 is 13.2 Å². The molecule has 144 valence electrons. The lowest BCUT2D eigenvalue weighted by Crippen LogP contribution is -2.38. The summed E-state index contributed by atoms with van der Waals surface area (Å²) < 4.78 is 36.8. The van der Waals surface area contributed by atoms with Gasteiger partial charge in [0.05, 0.1) is 11.6 Å². The predicted octanol–water partition coefficient (Wildman–Crippen LogP) is 2.69. The molecule has 0 radical (unpaired) electrons. The minimum atomic E-state index is -4.15. The Morgan fingerprint density at radius 1 is 1.32 bits per heavy atom. The van der Waals surface area contributed by atoms with E-state index >= 15 is 0 Å². The number of aliphatic imine (C=N–C) groups is 1. The van der Waals surface area contributed by atoms with Crippen LogP contribution in [0.3, 0.4) is 0 Å². The third-order valence-electron chi connectivity index (χ3n) is 3.34. The summed E-state index contributed by atoms with van der Waals surface area (Å²) in [7, 11) is 1.47. The van der Waals surface area contributed by atoms with Gasteiger partial charge in [0.2, 0.25) is 0 Å². The fourth-order valence-corrected chi connectivity index (χ4v) is 3.04. The molecule has 0 saturated carbocycles. The Kier molecular flexibility index (Phi) is 9.81. The zero-order valence-corrected chi connectivity index (χ0v) is 15.9. The Morgan fingerprint density at radius 2 is 2.08 bits per heavy atom. The van der Waals surface area contributed by atoms with Crippen LogP contribution in [0.4, 0.5) is 13.2 Å². The molecule has 0 atom stereocenters. The topological polar surface area (TPSA) is 52.6 Å². The van der Waals surface area contributed by atoms with Crippen molar-refractivity contribution in [1.82, 2.24) is 20.5 Å². The van der Waals surface area contributed by atoms with Crippen LogP contribution >= 0.6 is 11.3 Å². The molecular formula is C16H28F3N5S. The van der Waals surface area contributed by atoms with Gasteiger partial charge < -0.3 is 10.6 Å². The molecule has 0 aliphatic carbocycles. The number of hydrogen-bond donors (Lipinski definition) is 2. The highest BCUT2D eigenvalue weighted by molar-refractivity contribution is 7.11. The van der Waals surface area contributed by atoms with Crippen molar-refractivity contribution in [3.8, 4) is 0 Å². The third-order valence-corrected chi connectivity index (χ3v) is 4.54. The monoisotopic (exact) mass is 379 g/mol. The number of halogens is 3. The van der Waals surface area contributed by atoms with E-state index < -0.39 is 12.7 Å². The summed E-state index contributed by atoms with van der Waals surface area (Å²) >= 11 is 1.72. The van der Waals surface area contributed by atoms with Gasteiger partial charge >= 0.3 is 6.18 Å². The van der Waals surface area contributed by atoms with E-state index in [1.165, 1.54) is 16.8 Å². The van der Waals surface area contributed by atoms with Crippen LogP contribution in [-0.4, -0.2) is 61.8 Å². The Labute approximate surface area is 151 Å². The van der Waals surface area contributed by atoms with Crippen molar-refractivity contribution in [2.45, 2.75) is 39.3 Å². The van der Waals surface area contributed by atoms with E-state index in [1.54, 1.807) is 11.3 Å². The Hall–Kier alpha value is -1.35. The lowest BCUT2D eigenvalue weighted by Gasteiger charge is -2.18. The molecule has 1 rings (SSSR count).